The number of fused-ring (bicyclic) bond motifs is 6. The summed E-state index contributed by atoms with van der Waals surface area (Å²) in [5.41, 5.74) is -3.13. The van der Waals surface area contributed by atoms with Crippen LogP contribution in [0.3, 0.4) is 0 Å². The first-order valence-corrected chi connectivity index (χ1v) is 29.9. The number of benzene rings is 6. The van der Waals surface area contributed by atoms with Gasteiger partial charge in [0, 0.05) is 86.3 Å². The predicted molar refractivity (Wildman–Crippen MR) is 353 cm³/mol. The fourth-order valence-corrected chi connectivity index (χ4v) is 12.2. The monoisotopic (exact) mass is 1310 g/mol. The lowest BCUT2D eigenvalue weighted by Gasteiger charge is -2.18. The van der Waals surface area contributed by atoms with Crippen molar-refractivity contribution in [2.45, 2.75) is 46.8 Å². The first kappa shape index (κ1) is 60.4. The van der Waals surface area contributed by atoms with Gasteiger partial charge in [-0.05, 0) is 56.7 Å². The average molecular weight is 1310 g/mol. The Morgan fingerprint density at radius 3 is 1.36 bits per heavy atom. The minimum atomic E-state index is -1.26. The van der Waals surface area contributed by atoms with Crippen LogP contribution in [-0.4, -0.2) is 87.3 Å². The number of pyridine rings is 3. The molecule has 9 aromatic heterocycles. The van der Waals surface area contributed by atoms with Crippen molar-refractivity contribution in [3.63, 3.8) is 0 Å². The summed E-state index contributed by atoms with van der Waals surface area (Å²) in [5, 5.41) is 27.6. The van der Waals surface area contributed by atoms with Gasteiger partial charge in [0.05, 0.1) is 88.9 Å². The first-order valence-electron chi connectivity index (χ1n) is 29.9. The van der Waals surface area contributed by atoms with Crippen LogP contribution in [0, 0.1) is 73.1 Å². The summed E-state index contributed by atoms with van der Waals surface area (Å²) >= 11 is 0. The number of nitrogens with zero attached hydrogens (tertiary/aromatic N) is 18. The van der Waals surface area contributed by atoms with Crippen molar-refractivity contribution in [3.05, 3.63) is 260 Å². The summed E-state index contributed by atoms with van der Waals surface area (Å²) in [6.45, 7) is 3.86. The highest BCUT2D eigenvalue weighted by atomic mass is 19.2. The van der Waals surface area contributed by atoms with E-state index in [4.69, 9.17) is 6.42 Å². The second kappa shape index (κ2) is 23.6. The van der Waals surface area contributed by atoms with E-state index in [9.17, 15) is 32.3 Å². The van der Waals surface area contributed by atoms with Crippen molar-refractivity contribution in [2.24, 2.45) is 0 Å². The summed E-state index contributed by atoms with van der Waals surface area (Å²) in [4.78, 5) is 102. The van der Waals surface area contributed by atoms with Crippen LogP contribution in [0.2, 0.25) is 0 Å². The van der Waals surface area contributed by atoms with E-state index >= 15 is 14.0 Å². The van der Waals surface area contributed by atoms with Gasteiger partial charge >= 0.3 is 17.1 Å². The van der Waals surface area contributed by atoms with Crippen LogP contribution >= 0.6 is 0 Å². The molecule has 0 bridgehead atoms. The van der Waals surface area contributed by atoms with Gasteiger partial charge in [-0.3, -0.25) is 43.0 Å². The van der Waals surface area contributed by atoms with Gasteiger partial charge in [0.1, 0.15) is 16.6 Å². The number of halogens is 4. The van der Waals surface area contributed by atoms with Gasteiger partial charge in [-0.2, -0.15) is 0 Å². The van der Waals surface area contributed by atoms with Crippen LogP contribution in [0.25, 0.3) is 99.5 Å². The average Bonchev–Trinajstić information content (AvgIpc) is 1.76. The SMILES string of the molecule is C#CCn1c(CC)c(-n2nnc3cc(F)c(F)cc32)c(=O)n(-c2cncc3cc(C#CCn4c(C)c(-n5nnc6cc(F)c(F)cc65)c(=O)n(-c5cncc6cc(C#CCn7c(C)c(-n8nnc9ccccc98)c(=O)n(-c8cncc9ccccc89)c7=O)ccc56)c4=O)ccc23)c1=O. The molecule has 0 radical (unpaired) electrons. The Labute approximate surface area is 545 Å². The lowest BCUT2D eigenvalue weighted by molar-refractivity contribution is 0.510. The molecule has 98 heavy (non-hydrogen) atoms. The minimum Gasteiger partial charge on any atom is -0.284 e. The molecule has 0 aliphatic heterocycles. The molecule has 0 N–H and O–H groups in total. The number of para-hydroxylation sites is 1. The molecule has 0 amide bonds. The zero-order chi connectivity index (χ0) is 67.9. The maximum Gasteiger partial charge on any atom is 0.336 e. The largest absolute Gasteiger partial charge is 0.336 e. The molecule has 0 saturated carbocycles. The third-order valence-corrected chi connectivity index (χ3v) is 16.9. The molecule has 0 fully saturated rings. The van der Waals surface area contributed by atoms with Gasteiger partial charge < -0.3 is 0 Å². The molecule has 0 aliphatic rings. The van der Waals surface area contributed by atoms with Gasteiger partial charge in [0.2, 0.25) is 0 Å². The topological polar surface area (TPSA) is 263 Å². The maximum absolute atomic E-state index is 15.1. The number of aromatic nitrogens is 18. The number of rotatable bonds is 10. The number of hydrogen-bond acceptors (Lipinski definition) is 15. The highest BCUT2D eigenvalue weighted by molar-refractivity contribution is 5.92. The molecule has 0 spiro atoms. The van der Waals surface area contributed by atoms with Crippen LogP contribution in [0.15, 0.2) is 175 Å². The zero-order valence-electron chi connectivity index (χ0n) is 51.3. The van der Waals surface area contributed by atoms with Crippen molar-refractivity contribution in [1.29, 1.82) is 0 Å². The second-order valence-electron chi connectivity index (χ2n) is 22.4. The van der Waals surface area contributed by atoms with Crippen molar-refractivity contribution < 1.29 is 17.6 Å². The smallest absolute Gasteiger partial charge is 0.284 e. The number of terminal acetylenes is 1. The Bertz CT molecular complexity index is 6580. The molecule has 0 aliphatic carbocycles. The van der Waals surface area contributed by atoms with Crippen LogP contribution < -0.4 is 33.7 Å². The van der Waals surface area contributed by atoms with Gasteiger partial charge in [0.15, 0.2) is 40.3 Å². The van der Waals surface area contributed by atoms with Crippen LogP contribution in [0.1, 0.15) is 35.1 Å². The first-order chi connectivity index (χ1) is 47.5. The van der Waals surface area contributed by atoms with E-state index in [0.717, 1.165) is 47.3 Å². The Kier molecular flexibility index (Phi) is 14.6. The second-order valence-corrected chi connectivity index (χ2v) is 22.4. The van der Waals surface area contributed by atoms with Crippen molar-refractivity contribution in [3.8, 4) is 70.1 Å². The molecule has 0 unspecified atom stereocenters. The highest BCUT2D eigenvalue weighted by Crippen LogP contribution is 2.28. The van der Waals surface area contributed by atoms with Gasteiger partial charge in [-0.1, -0.05) is 101 Å². The summed E-state index contributed by atoms with van der Waals surface area (Å²) < 4.78 is 68.6. The number of hydrogen-bond donors (Lipinski definition) is 0. The van der Waals surface area contributed by atoms with E-state index in [0.29, 0.717) is 54.5 Å². The van der Waals surface area contributed by atoms with E-state index in [-0.39, 0.29) is 99.3 Å². The molecule has 28 heteroatoms. The van der Waals surface area contributed by atoms with Crippen LogP contribution in [0.5, 0.6) is 0 Å². The highest BCUT2D eigenvalue weighted by Gasteiger charge is 2.28. The summed E-state index contributed by atoms with van der Waals surface area (Å²) in [7, 11) is 0. The molecule has 6 aromatic carbocycles. The zero-order valence-corrected chi connectivity index (χ0v) is 51.3. The third-order valence-electron chi connectivity index (χ3n) is 16.9. The molecule has 15 aromatic rings. The Hall–Kier alpha value is -13.8. The minimum absolute atomic E-state index is 0.000471. The summed E-state index contributed by atoms with van der Waals surface area (Å²) in [5.74, 6) is 9.80. The van der Waals surface area contributed by atoms with Crippen molar-refractivity contribution >= 4 is 65.4 Å². The standard InChI is InChI=1S/C70H42F4N18O6/c1-5-23-86-55(6-2)64(92-58-31-51(74)49(72)29-54(58)80-83-92)67(95)89(70(86)98)61-37-77-34-44-27-41(20-22-47(44)61)14-12-25-85-39(4)63(91-57-30-50(73)48(71)28-53(57)79-82-91)66(94)88(69(85)97)60-36-76-33-43-26-40(19-21-46(43)60)13-11-24-84-38(3)62(90-56-18-10-9-17-52(56)78-81-90)65(93)87(68(84)96)59-35-75-32-42-15-7-8-16-45(42)59/h1,7-10,15-22,26-37H,6,23-25H2,2-4H3. The quantitative estimate of drug-likeness (QED) is 0.0991. The Morgan fingerprint density at radius 2 is 0.847 bits per heavy atom. The van der Waals surface area contributed by atoms with E-state index in [1.165, 1.54) is 56.3 Å². The third kappa shape index (κ3) is 9.71. The molecular formula is C70H42F4N18O6. The normalized spacial score (nSPS) is 11.4. The molecule has 9 heterocycles. The van der Waals surface area contributed by atoms with Crippen molar-refractivity contribution in [1.82, 2.24) is 87.3 Å². The maximum atomic E-state index is 15.1. The molecule has 0 atom stereocenters. The Morgan fingerprint density at radius 1 is 0.429 bits per heavy atom. The van der Waals surface area contributed by atoms with E-state index in [2.05, 4.69) is 75.5 Å². The molecule has 0 saturated heterocycles. The predicted octanol–water partition coefficient (Wildman–Crippen LogP) is 6.94. The summed E-state index contributed by atoms with van der Waals surface area (Å²) in [6, 6.07) is 27.3. The van der Waals surface area contributed by atoms with E-state index in [1.54, 1.807) is 92.8 Å². The summed E-state index contributed by atoms with van der Waals surface area (Å²) in [6.07, 6.45) is 14.5. The lowest BCUT2D eigenvalue weighted by atomic mass is 10.1. The lowest BCUT2D eigenvalue weighted by Crippen LogP contribution is -2.43. The van der Waals surface area contributed by atoms with Gasteiger partial charge in [0.25, 0.3) is 16.7 Å². The molecular weight excluding hydrogens is 1260 g/mol. The van der Waals surface area contributed by atoms with Gasteiger partial charge in [-0.25, -0.2) is 59.7 Å². The molecule has 15 rings (SSSR count). The fraction of sp³-hybridized carbons (Fsp3) is 0.100. The van der Waals surface area contributed by atoms with E-state index in [1.807, 2.05) is 12.1 Å². The van der Waals surface area contributed by atoms with Crippen LogP contribution in [0.4, 0.5) is 17.6 Å². The van der Waals surface area contributed by atoms with Gasteiger partial charge in [-0.15, -0.1) is 21.7 Å². The van der Waals surface area contributed by atoms with Crippen LogP contribution in [-0.2, 0) is 26.1 Å². The fourth-order valence-electron chi connectivity index (χ4n) is 12.2. The molecule has 24 nitrogen and oxygen atoms in total. The van der Waals surface area contributed by atoms with Crippen molar-refractivity contribution in [2.75, 3.05) is 0 Å². The Balaban J connectivity index is 0.808. The molecule has 476 valence electrons. The van der Waals surface area contributed by atoms with E-state index < -0.39 is 57.0 Å².